The van der Waals surface area contributed by atoms with E-state index in [9.17, 15) is 9.59 Å². The first-order valence-corrected chi connectivity index (χ1v) is 6.55. The van der Waals surface area contributed by atoms with E-state index < -0.39 is 0 Å². The van der Waals surface area contributed by atoms with E-state index in [4.69, 9.17) is 4.74 Å². The zero-order valence-electron chi connectivity index (χ0n) is 12.0. The van der Waals surface area contributed by atoms with E-state index in [-0.39, 0.29) is 11.5 Å². The maximum atomic E-state index is 11.9. The van der Waals surface area contributed by atoms with Crippen LogP contribution < -0.4 is 15.6 Å². The summed E-state index contributed by atoms with van der Waals surface area (Å²) in [5.74, 6) is 0.509. The summed E-state index contributed by atoms with van der Waals surface area (Å²) in [6, 6.07) is 6.83. The summed E-state index contributed by atoms with van der Waals surface area (Å²) in [5, 5.41) is 2.76. The number of carbonyl (C=O) groups is 1. The minimum absolute atomic E-state index is 0.0938. The summed E-state index contributed by atoms with van der Waals surface area (Å²) >= 11 is 0. The summed E-state index contributed by atoms with van der Waals surface area (Å²) in [6.07, 6.45) is 2.99. The van der Waals surface area contributed by atoms with Crippen LogP contribution in [0.25, 0.3) is 0 Å². The Morgan fingerprint density at radius 1 is 1.33 bits per heavy atom. The first kappa shape index (κ1) is 14.8. The van der Waals surface area contributed by atoms with Gasteiger partial charge in [0.15, 0.2) is 0 Å². The van der Waals surface area contributed by atoms with Crippen molar-refractivity contribution in [2.45, 2.75) is 13.5 Å². The van der Waals surface area contributed by atoms with Crippen LogP contribution in [0.2, 0.25) is 0 Å². The van der Waals surface area contributed by atoms with Gasteiger partial charge in [0.05, 0.1) is 13.4 Å². The summed E-state index contributed by atoms with van der Waals surface area (Å²) in [6.45, 7) is 2.45. The van der Waals surface area contributed by atoms with Crippen LogP contribution in [0.1, 0.15) is 15.9 Å². The SMILES string of the molecule is COc1ccc(C(=O)NCCn2cncc(C)c2=O)cc1. The summed E-state index contributed by atoms with van der Waals surface area (Å²) in [4.78, 5) is 27.7. The average molecular weight is 287 g/mol. The van der Waals surface area contributed by atoms with Crippen molar-refractivity contribution < 1.29 is 9.53 Å². The van der Waals surface area contributed by atoms with Crippen molar-refractivity contribution in [1.29, 1.82) is 0 Å². The Hall–Kier alpha value is -2.63. The fourth-order valence-corrected chi connectivity index (χ4v) is 1.85. The molecule has 1 aromatic carbocycles. The lowest BCUT2D eigenvalue weighted by Gasteiger charge is -2.08. The lowest BCUT2D eigenvalue weighted by atomic mass is 10.2. The van der Waals surface area contributed by atoms with Crippen LogP contribution in [-0.4, -0.2) is 29.1 Å². The van der Waals surface area contributed by atoms with Gasteiger partial charge in [-0.15, -0.1) is 0 Å². The third-order valence-electron chi connectivity index (χ3n) is 3.06. The third kappa shape index (κ3) is 3.68. The van der Waals surface area contributed by atoms with E-state index in [0.29, 0.717) is 30.0 Å². The number of amides is 1. The summed E-state index contributed by atoms with van der Waals surface area (Å²) in [5.41, 5.74) is 1.04. The Kier molecular flexibility index (Phi) is 4.71. The van der Waals surface area contributed by atoms with E-state index >= 15 is 0 Å². The third-order valence-corrected chi connectivity index (χ3v) is 3.06. The highest BCUT2D eigenvalue weighted by Gasteiger charge is 2.05. The predicted octanol–water partition coefficient (Wildman–Crippen LogP) is 0.990. The predicted molar refractivity (Wildman–Crippen MR) is 78.6 cm³/mol. The van der Waals surface area contributed by atoms with Gasteiger partial charge in [-0.05, 0) is 31.2 Å². The van der Waals surface area contributed by atoms with Crippen LogP contribution in [0.15, 0.2) is 41.6 Å². The molecule has 0 aliphatic heterocycles. The molecule has 21 heavy (non-hydrogen) atoms. The zero-order valence-corrected chi connectivity index (χ0v) is 12.0. The Morgan fingerprint density at radius 2 is 2.05 bits per heavy atom. The van der Waals surface area contributed by atoms with E-state index in [0.717, 1.165) is 0 Å². The van der Waals surface area contributed by atoms with Crippen molar-refractivity contribution in [3.8, 4) is 5.75 Å². The maximum absolute atomic E-state index is 11.9. The molecule has 0 spiro atoms. The number of nitrogens with one attached hydrogen (secondary N) is 1. The fourth-order valence-electron chi connectivity index (χ4n) is 1.85. The second-order valence-corrected chi connectivity index (χ2v) is 4.56. The van der Waals surface area contributed by atoms with Gasteiger partial charge < -0.3 is 10.1 Å². The van der Waals surface area contributed by atoms with Crippen LogP contribution in [0.3, 0.4) is 0 Å². The van der Waals surface area contributed by atoms with E-state index in [1.54, 1.807) is 38.3 Å². The monoisotopic (exact) mass is 287 g/mol. The number of carbonyl (C=O) groups excluding carboxylic acids is 1. The number of methoxy groups -OCH3 is 1. The van der Waals surface area contributed by atoms with Gasteiger partial charge in [-0.25, -0.2) is 4.98 Å². The highest BCUT2D eigenvalue weighted by molar-refractivity contribution is 5.94. The molecule has 6 heteroatoms. The molecule has 0 radical (unpaired) electrons. The van der Waals surface area contributed by atoms with Crippen molar-refractivity contribution in [2.75, 3.05) is 13.7 Å². The second-order valence-electron chi connectivity index (χ2n) is 4.56. The van der Waals surface area contributed by atoms with Crippen LogP contribution in [0, 0.1) is 6.92 Å². The number of benzene rings is 1. The van der Waals surface area contributed by atoms with E-state index in [1.165, 1.54) is 17.1 Å². The summed E-state index contributed by atoms with van der Waals surface area (Å²) < 4.78 is 6.51. The number of aryl methyl sites for hydroxylation is 1. The molecule has 0 aliphatic rings. The molecule has 2 rings (SSSR count). The van der Waals surface area contributed by atoms with Crippen LogP contribution in [0.4, 0.5) is 0 Å². The lowest BCUT2D eigenvalue weighted by molar-refractivity contribution is 0.0952. The molecule has 2 aromatic rings. The molecule has 110 valence electrons. The van der Waals surface area contributed by atoms with Gasteiger partial charge in [0.2, 0.25) is 0 Å². The largest absolute Gasteiger partial charge is 0.497 e. The zero-order chi connectivity index (χ0) is 15.2. The summed E-state index contributed by atoms with van der Waals surface area (Å²) in [7, 11) is 1.57. The van der Waals surface area contributed by atoms with Gasteiger partial charge in [-0.3, -0.25) is 14.2 Å². The molecular weight excluding hydrogens is 270 g/mol. The molecule has 0 atom stereocenters. The van der Waals surface area contributed by atoms with Crippen molar-refractivity contribution in [3.05, 3.63) is 58.3 Å². The molecule has 0 bridgehead atoms. The normalized spacial score (nSPS) is 10.2. The topological polar surface area (TPSA) is 73.2 Å². The molecule has 0 fully saturated rings. The maximum Gasteiger partial charge on any atom is 0.256 e. The standard InChI is InChI=1S/C15H17N3O3/c1-11-9-16-10-18(15(11)20)8-7-17-14(19)12-3-5-13(21-2)6-4-12/h3-6,9-10H,7-8H2,1-2H3,(H,17,19). The second kappa shape index (κ2) is 6.69. The Morgan fingerprint density at radius 3 is 2.71 bits per heavy atom. The number of rotatable bonds is 5. The highest BCUT2D eigenvalue weighted by Crippen LogP contribution is 2.10. The molecule has 0 saturated heterocycles. The first-order chi connectivity index (χ1) is 10.1. The van der Waals surface area contributed by atoms with Crippen LogP contribution in [-0.2, 0) is 6.54 Å². The molecular formula is C15H17N3O3. The Balaban J connectivity index is 1.92. The average Bonchev–Trinajstić information content (AvgIpc) is 2.51. The van der Waals surface area contributed by atoms with Gasteiger partial charge in [0.25, 0.3) is 11.5 Å². The number of ether oxygens (including phenoxy) is 1. The molecule has 0 unspecified atom stereocenters. The van der Waals surface area contributed by atoms with Gasteiger partial charge >= 0.3 is 0 Å². The van der Waals surface area contributed by atoms with Crippen molar-refractivity contribution in [3.63, 3.8) is 0 Å². The minimum Gasteiger partial charge on any atom is -0.497 e. The van der Waals surface area contributed by atoms with Gasteiger partial charge in [0.1, 0.15) is 5.75 Å². The number of nitrogens with zero attached hydrogens (tertiary/aromatic N) is 2. The highest BCUT2D eigenvalue weighted by atomic mass is 16.5. The van der Waals surface area contributed by atoms with Crippen molar-refractivity contribution in [2.24, 2.45) is 0 Å². The molecule has 1 N–H and O–H groups in total. The quantitative estimate of drug-likeness (QED) is 0.890. The van der Waals surface area contributed by atoms with E-state index in [1.807, 2.05) is 0 Å². The fraction of sp³-hybridized carbons (Fsp3) is 0.267. The molecule has 1 amide bonds. The smallest absolute Gasteiger partial charge is 0.256 e. The number of hydrogen-bond acceptors (Lipinski definition) is 4. The van der Waals surface area contributed by atoms with E-state index in [2.05, 4.69) is 10.3 Å². The first-order valence-electron chi connectivity index (χ1n) is 6.55. The molecule has 6 nitrogen and oxygen atoms in total. The molecule has 0 saturated carbocycles. The lowest BCUT2D eigenvalue weighted by Crippen LogP contribution is -2.31. The van der Waals surface area contributed by atoms with Crippen LogP contribution >= 0.6 is 0 Å². The van der Waals surface area contributed by atoms with Crippen molar-refractivity contribution in [1.82, 2.24) is 14.9 Å². The molecule has 1 heterocycles. The van der Waals surface area contributed by atoms with Crippen molar-refractivity contribution >= 4 is 5.91 Å². The number of hydrogen-bond donors (Lipinski definition) is 1. The van der Waals surface area contributed by atoms with Gasteiger partial charge in [0, 0.05) is 30.4 Å². The van der Waals surface area contributed by atoms with Gasteiger partial charge in [-0.2, -0.15) is 0 Å². The molecule has 1 aromatic heterocycles. The van der Waals surface area contributed by atoms with Crippen LogP contribution in [0.5, 0.6) is 5.75 Å². The Bertz CT molecular complexity index is 677. The Labute approximate surface area is 122 Å². The number of aromatic nitrogens is 2. The minimum atomic E-state index is -0.189. The van der Waals surface area contributed by atoms with Gasteiger partial charge in [-0.1, -0.05) is 0 Å². The molecule has 0 aliphatic carbocycles.